The highest BCUT2D eigenvalue weighted by atomic mass is 35.5. The molecule has 0 amide bonds. The average Bonchev–Trinajstić information content (AvgIpc) is 2.17. The monoisotopic (exact) mass is 280 g/mol. The first-order valence-corrected chi connectivity index (χ1v) is 6.46. The summed E-state index contributed by atoms with van der Waals surface area (Å²) in [5, 5.41) is 0.604. The number of Topliss-reactive ketones (excluding diaryl/α,β-unsaturated/α-hetero) is 1. The van der Waals surface area contributed by atoms with Crippen LogP contribution in [0.3, 0.4) is 0 Å². The second kappa shape index (κ2) is 6.35. The molecule has 0 spiro atoms. The minimum atomic E-state index is -1.53. The van der Waals surface area contributed by atoms with Gasteiger partial charge < -0.3 is 4.74 Å². The van der Waals surface area contributed by atoms with E-state index >= 15 is 0 Å². The lowest BCUT2D eigenvalue weighted by atomic mass is 10.4. The van der Waals surface area contributed by atoms with Crippen molar-refractivity contribution in [2.75, 3.05) is 19.5 Å². The Hall–Kier alpha value is -0.420. The Balaban J connectivity index is 2.85. The van der Waals surface area contributed by atoms with Gasteiger partial charge >= 0.3 is 0 Å². The summed E-state index contributed by atoms with van der Waals surface area (Å²) >= 11 is 11.7. The predicted octanol–water partition coefficient (Wildman–Crippen LogP) is 2.32. The molecule has 3 nitrogen and oxygen atoms in total. The molecule has 0 radical (unpaired) electrons. The fourth-order valence-corrected chi connectivity index (χ4v) is 3.13. The SMILES string of the molecule is COCC(=O)CS(=O)c1c(Cl)cccc1Cl. The molecule has 0 saturated heterocycles. The Labute approximate surface area is 106 Å². The van der Waals surface area contributed by atoms with Crippen LogP contribution in [-0.2, 0) is 20.3 Å². The zero-order valence-corrected chi connectivity index (χ0v) is 10.9. The van der Waals surface area contributed by atoms with Crippen LogP contribution in [-0.4, -0.2) is 29.5 Å². The van der Waals surface area contributed by atoms with Crippen LogP contribution in [0.15, 0.2) is 23.1 Å². The topological polar surface area (TPSA) is 43.4 Å². The van der Waals surface area contributed by atoms with Gasteiger partial charge in [-0.25, -0.2) is 0 Å². The van der Waals surface area contributed by atoms with Gasteiger partial charge in [-0.1, -0.05) is 29.3 Å². The second-order valence-corrected chi connectivity index (χ2v) is 5.21. The fraction of sp³-hybridized carbons (Fsp3) is 0.300. The number of halogens is 2. The van der Waals surface area contributed by atoms with Crippen molar-refractivity contribution in [2.45, 2.75) is 4.90 Å². The molecule has 16 heavy (non-hydrogen) atoms. The van der Waals surface area contributed by atoms with Gasteiger partial charge in [0, 0.05) is 7.11 Å². The normalized spacial score (nSPS) is 12.4. The third kappa shape index (κ3) is 3.56. The quantitative estimate of drug-likeness (QED) is 0.832. The van der Waals surface area contributed by atoms with Gasteiger partial charge in [-0.2, -0.15) is 0 Å². The Bertz CT molecular complexity index is 400. The Kier molecular flexibility index (Phi) is 5.41. The molecule has 1 aromatic rings. The molecule has 0 aliphatic heterocycles. The molecule has 6 heteroatoms. The molecule has 0 aromatic heterocycles. The van der Waals surface area contributed by atoms with Crippen molar-refractivity contribution in [3.63, 3.8) is 0 Å². The lowest BCUT2D eigenvalue weighted by Crippen LogP contribution is -2.16. The van der Waals surface area contributed by atoms with Crippen molar-refractivity contribution in [2.24, 2.45) is 0 Å². The maximum Gasteiger partial charge on any atom is 0.171 e. The summed E-state index contributed by atoms with van der Waals surface area (Å²) in [5.74, 6) is -0.395. The molecule has 0 aliphatic carbocycles. The van der Waals surface area contributed by atoms with Gasteiger partial charge in [0.2, 0.25) is 0 Å². The first-order valence-electron chi connectivity index (χ1n) is 4.39. The van der Waals surface area contributed by atoms with Crippen molar-refractivity contribution in [1.82, 2.24) is 0 Å². The molecule has 1 aromatic carbocycles. The first-order chi connectivity index (χ1) is 7.56. The number of benzene rings is 1. The average molecular weight is 281 g/mol. The second-order valence-electron chi connectivity index (χ2n) is 3.01. The van der Waals surface area contributed by atoms with Crippen molar-refractivity contribution in [3.05, 3.63) is 28.2 Å². The Morgan fingerprint density at radius 1 is 1.38 bits per heavy atom. The highest BCUT2D eigenvalue weighted by molar-refractivity contribution is 7.86. The molecule has 0 aliphatic rings. The van der Waals surface area contributed by atoms with E-state index in [1.165, 1.54) is 7.11 Å². The fourth-order valence-electron chi connectivity index (χ4n) is 1.12. The number of ketones is 1. The molecule has 0 saturated carbocycles. The van der Waals surface area contributed by atoms with Crippen LogP contribution < -0.4 is 0 Å². The lowest BCUT2D eigenvalue weighted by molar-refractivity contribution is -0.120. The first kappa shape index (κ1) is 13.6. The van der Waals surface area contributed by atoms with Crippen LogP contribution in [0.4, 0.5) is 0 Å². The summed E-state index contributed by atoms with van der Waals surface area (Å²) < 4.78 is 16.5. The van der Waals surface area contributed by atoms with Crippen LogP contribution in [0.5, 0.6) is 0 Å². The maximum atomic E-state index is 11.8. The van der Waals surface area contributed by atoms with Gasteiger partial charge in [-0.15, -0.1) is 0 Å². The van der Waals surface area contributed by atoms with E-state index in [-0.39, 0.29) is 18.1 Å². The molecule has 0 heterocycles. The van der Waals surface area contributed by atoms with Gasteiger partial charge in [0.25, 0.3) is 0 Å². The van der Waals surface area contributed by atoms with Gasteiger partial charge in [0.1, 0.15) is 6.61 Å². The van der Waals surface area contributed by atoms with E-state index in [0.717, 1.165) is 0 Å². The van der Waals surface area contributed by atoms with Crippen LogP contribution in [0, 0.1) is 0 Å². The van der Waals surface area contributed by atoms with E-state index in [9.17, 15) is 9.00 Å². The van der Waals surface area contributed by atoms with Gasteiger partial charge in [-0.05, 0) is 12.1 Å². The minimum Gasteiger partial charge on any atom is -0.377 e. The maximum absolute atomic E-state index is 11.8. The van der Waals surface area contributed by atoms with Gasteiger partial charge in [0.05, 0.1) is 31.5 Å². The number of carbonyl (C=O) groups excluding carboxylic acids is 1. The van der Waals surface area contributed by atoms with Crippen molar-refractivity contribution in [3.8, 4) is 0 Å². The largest absolute Gasteiger partial charge is 0.377 e. The number of ether oxygens (including phenoxy) is 1. The van der Waals surface area contributed by atoms with Crippen molar-refractivity contribution in [1.29, 1.82) is 0 Å². The molecule has 1 unspecified atom stereocenters. The zero-order valence-electron chi connectivity index (χ0n) is 8.54. The third-order valence-corrected chi connectivity index (χ3v) is 4.08. The summed E-state index contributed by atoms with van der Waals surface area (Å²) in [5.41, 5.74) is 0. The third-order valence-electron chi connectivity index (χ3n) is 1.74. The number of methoxy groups -OCH3 is 1. The van der Waals surface area contributed by atoms with Crippen LogP contribution in [0.1, 0.15) is 0 Å². The molecule has 88 valence electrons. The summed E-state index contributed by atoms with van der Waals surface area (Å²) in [7, 11) is -0.126. The number of rotatable bonds is 5. The van der Waals surface area contributed by atoms with E-state index in [2.05, 4.69) is 4.74 Å². The van der Waals surface area contributed by atoms with Crippen LogP contribution in [0.25, 0.3) is 0 Å². The predicted molar refractivity (Wildman–Crippen MR) is 64.6 cm³/mol. The smallest absolute Gasteiger partial charge is 0.171 e. The molecule has 1 atom stereocenters. The van der Waals surface area contributed by atoms with Gasteiger partial charge in [0.15, 0.2) is 5.78 Å². The van der Waals surface area contributed by atoms with E-state index in [0.29, 0.717) is 14.9 Å². The molecule has 0 bridgehead atoms. The van der Waals surface area contributed by atoms with Crippen LogP contribution >= 0.6 is 23.2 Å². The highest BCUT2D eigenvalue weighted by Crippen LogP contribution is 2.27. The number of carbonyl (C=O) groups is 1. The molecular weight excluding hydrogens is 271 g/mol. The lowest BCUT2D eigenvalue weighted by Gasteiger charge is -2.05. The molecule has 0 N–H and O–H groups in total. The van der Waals surface area contributed by atoms with E-state index < -0.39 is 10.8 Å². The summed E-state index contributed by atoms with van der Waals surface area (Å²) in [6.45, 7) is -0.0617. The molecule has 0 fully saturated rings. The standard InChI is InChI=1S/C10H10Cl2O3S/c1-15-5-7(13)6-16(14)10-8(11)3-2-4-9(10)12/h2-4H,5-6H2,1H3. The Morgan fingerprint density at radius 2 is 1.94 bits per heavy atom. The summed E-state index contributed by atoms with van der Waals surface area (Å²) in [6.07, 6.45) is 0. The van der Waals surface area contributed by atoms with E-state index in [1.54, 1.807) is 18.2 Å². The molecule has 1 rings (SSSR count). The van der Waals surface area contributed by atoms with E-state index in [4.69, 9.17) is 23.2 Å². The highest BCUT2D eigenvalue weighted by Gasteiger charge is 2.16. The van der Waals surface area contributed by atoms with Crippen molar-refractivity contribution >= 4 is 39.8 Å². The van der Waals surface area contributed by atoms with E-state index in [1.807, 2.05) is 0 Å². The number of hydrogen-bond acceptors (Lipinski definition) is 3. The molecular formula is C10H10Cl2O3S. The number of hydrogen-bond donors (Lipinski definition) is 0. The zero-order chi connectivity index (χ0) is 12.1. The van der Waals surface area contributed by atoms with Crippen LogP contribution in [0.2, 0.25) is 10.0 Å². The van der Waals surface area contributed by atoms with Gasteiger partial charge in [-0.3, -0.25) is 9.00 Å². The summed E-state index contributed by atoms with van der Waals surface area (Å²) in [4.78, 5) is 11.5. The minimum absolute atomic E-state index is 0.0617. The summed E-state index contributed by atoms with van der Waals surface area (Å²) in [6, 6.07) is 4.82. The Morgan fingerprint density at radius 3 is 2.44 bits per heavy atom. The van der Waals surface area contributed by atoms with Crippen molar-refractivity contribution < 1.29 is 13.7 Å².